The molecule has 0 fully saturated rings. The van der Waals surface area contributed by atoms with Crippen LogP contribution in [0.5, 0.6) is 0 Å². The van der Waals surface area contributed by atoms with E-state index in [0.717, 1.165) is 24.2 Å². The molecular formula is C19H13Cl2F2N3. The molecule has 0 atom stereocenters. The van der Waals surface area contributed by atoms with Gasteiger partial charge in [0.25, 0.3) is 0 Å². The first kappa shape index (κ1) is 17.1. The Balaban J connectivity index is 1.91. The maximum atomic E-state index is 13.9. The van der Waals surface area contributed by atoms with Crippen molar-refractivity contribution in [2.45, 2.75) is 6.42 Å². The molecule has 2 heterocycles. The topological polar surface area (TPSA) is 29.9 Å². The highest BCUT2D eigenvalue weighted by Crippen LogP contribution is 2.31. The molecule has 1 N–H and O–H groups in total. The molecule has 0 radical (unpaired) electrons. The highest BCUT2D eigenvalue weighted by atomic mass is 35.5. The molecule has 2 aromatic carbocycles. The van der Waals surface area contributed by atoms with Crippen LogP contribution < -0.4 is 5.32 Å². The minimum absolute atomic E-state index is 0.00970. The third-order valence-corrected chi connectivity index (χ3v) is 4.67. The van der Waals surface area contributed by atoms with E-state index in [1.54, 1.807) is 16.8 Å². The summed E-state index contributed by atoms with van der Waals surface area (Å²) in [6.45, 7) is 0.839. The van der Waals surface area contributed by atoms with E-state index in [2.05, 4.69) is 10.4 Å². The Kier molecular flexibility index (Phi) is 4.42. The maximum absolute atomic E-state index is 13.9. The molecule has 4 rings (SSSR count). The third-order valence-electron chi connectivity index (χ3n) is 4.16. The number of rotatable bonds is 3. The highest BCUT2D eigenvalue weighted by Gasteiger charge is 2.18. The van der Waals surface area contributed by atoms with E-state index in [1.807, 2.05) is 12.3 Å². The van der Waals surface area contributed by atoms with Crippen molar-refractivity contribution in [3.05, 3.63) is 76.0 Å². The summed E-state index contributed by atoms with van der Waals surface area (Å²) in [7, 11) is 0. The number of aromatic nitrogens is 2. The van der Waals surface area contributed by atoms with Crippen LogP contribution in [-0.4, -0.2) is 16.3 Å². The Bertz CT molecular complexity index is 1010. The van der Waals surface area contributed by atoms with E-state index in [0.29, 0.717) is 16.9 Å². The van der Waals surface area contributed by atoms with Crippen LogP contribution in [0.4, 0.5) is 8.78 Å². The van der Waals surface area contributed by atoms with Crippen molar-refractivity contribution in [1.29, 1.82) is 0 Å². The van der Waals surface area contributed by atoms with Gasteiger partial charge in [-0.1, -0.05) is 23.2 Å². The lowest BCUT2D eigenvalue weighted by atomic mass is 10.1. The Morgan fingerprint density at radius 1 is 1.04 bits per heavy atom. The Morgan fingerprint density at radius 2 is 1.88 bits per heavy atom. The molecule has 26 heavy (non-hydrogen) atoms. The van der Waals surface area contributed by atoms with E-state index in [1.165, 1.54) is 24.3 Å². The van der Waals surface area contributed by atoms with Gasteiger partial charge >= 0.3 is 0 Å². The first-order chi connectivity index (χ1) is 12.5. The zero-order chi connectivity index (χ0) is 18.3. The SMILES string of the molecule is Fc1cc(Cl)cc(-c2cc(C3=CNCC3)nn2-c2ccc(F)c(Cl)c2)c1. The van der Waals surface area contributed by atoms with Gasteiger partial charge in [0, 0.05) is 23.3 Å². The van der Waals surface area contributed by atoms with Crippen molar-refractivity contribution < 1.29 is 8.78 Å². The summed E-state index contributed by atoms with van der Waals surface area (Å²) in [4.78, 5) is 0. The summed E-state index contributed by atoms with van der Waals surface area (Å²) in [6.07, 6.45) is 2.75. The maximum Gasteiger partial charge on any atom is 0.141 e. The van der Waals surface area contributed by atoms with Crippen LogP contribution in [0.25, 0.3) is 22.5 Å². The van der Waals surface area contributed by atoms with Gasteiger partial charge in [-0.05, 0) is 54.5 Å². The number of benzene rings is 2. The summed E-state index contributed by atoms with van der Waals surface area (Å²) in [5, 5.41) is 8.06. The summed E-state index contributed by atoms with van der Waals surface area (Å²) in [5.41, 5.74) is 3.58. The molecule has 7 heteroatoms. The molecule has 0 saturated heterocycles. The molecule has 0 saturated carbocycles. The van der Waals surface area contributed by atoms with Crippen LogP contribution in [0, 0.1) is 11.6 Å². The minimum Gasteiger partial charge on any atom is -0.390 e. The molecular weight excluding hydrogens is 379 g/mol. The lowest BCUT2D eigenvalue weighted by Crippen LogP contribution is -2.00. The number of nitrogens with one attached hydrogen (secondary N) is 1. The summed E-state index contributed by atoms with van der Waals surface area (Å²) >= 11 is 11.9. The highest BCUT2D eigenvalue weighted by molar-refractivity contribution is 6.31. The predicted octanol–water partition coefficient (Wildman–Crippen LogP) is 5.46. The second kappa shape index (κ2) is 6.74. The van der Waals surface area contributed by atoms with Gasteiger partial charge < -0.3 is 5.32 Å². The van der Waals surface area contributed by atoms with Crippen molar-refractivity contribution in [3.63, 3.8) is 0 Å². The van der Waals surface area contributed by atoms with Gasteiger partial charge in [0.1, 0.15) is 11.6 Å². The van der Waals surface area contributed by atoms with Crippen molar-refractivity contribution in [2.24, 2.45) is 0 Å². The number of nitrogens with zero attached hydrogens (tertiary/aromatic N) is 2. The average molecular weight is 392 g/mol. The summed E-state index contributed by atoms with van der Waals surface area (Å²) in [6, 6.07) is 10.5. The Morgan fingerprint density at radius 3 is 2.58 bits per heavy atom. The molecule has 0 bridgehead atoms. The molecule has 132 valence electrons. The van der Waals surface area contributed by atoms with Crippen LogP contribution >= 0.6 is 23.2 Å². The van der Waals surface area contributed by atoms with E-state index < -0.39 is 11.6 Å². The van der Waals surface area contributed by atoms with Gasteiger partial charge in [-0.2, -0.15) is 5.10 Å². The first-order valence-electron chi connectivity index (χ1n) is 7.96. The molecule has 3 nitrogen and oxygen atoms in total. The fraction of sp³-hybridized carbons (Fsp3) is 0.105. The molecule has 0 spiro atoms. The summed E-state index contributed by atoms with van der Waals surface area (Å²) in [5.74, 6) is -0.957. The number of halogens is 4. The van der Waals surface area contributed by atoms with Gasteiger partial charge in [-0.25, -0.2) is 13.5 Å². The zero-order valence-corrected chi connectivity index (χ0v) is 15.0. The molecule has 1 aromatic heterocycles. The molecule has 0 amide bonds. The standard InChI is InChI=1S/C19H13Cl2F2N3/c20-13-5-12(6-14(22)7-13)19-9-18(11-3-4-24-10-11)25-26(19)15-1-2-17(23)16(21)8-15/h1-2,5-10,24H,3-4H2. The number of hydrogen-bond donors (Lipinski definition) is 1. The second-order valence-corrected chi connectivity index (χ2v) is 6.80. The van der Waals surface area contributed by atoms with Crippen molar-refractivity contribution in [1.82, 2.24) is 15.1 Å². The lowest BCUT2D eigenvalue weighted by molar-refractivity contribution is 0.627. The van der Waals surface area contributed by atoms with Crippen molar-refractivity contribution >= 4 is 28.8 Å². The quantitative estimate of drug-likeness (QED) is 0.642. The van der Waals surface area contributed by atoms with Crippen molar-refractivity contribution in [3.8, 4) is 16.9 Å². The van der Waals surface area contributed by atoms with E-state index in [-0.39, 0.29) is 10.0 Å². The Hall–Kier alpha value is -2.37. The largest absolute Gasteiger partial charge is 0.390 e. The van der Waals surface area contributed by atoms with Gasteiger partial charge in [-0.3, -0.25) is 0 Å². The van der Waals surface area contributed by atoms with Crippen LogP contribution in [0.3, 0.4) is 0 Å². The van der Waals surface area contributed by atoms with Gasteiger partial charge in [0.15, 0.2) is 0 Å². The van der Waals surface area contributed by atoms with Crippen LogP contribution in [0.2, 0.25) is 10.0 Å². The van der Waals surface area contributed by atoms with E-state index in [4.69, 9.17) is 23.2 Å². The second-order valence-electron chi connectivity index (χ2n) is 5.96. The van der Waals surface area contributed by atoms with Crippen molar-refractivity contribution in [2.75, 3.05) is 6.54 Å². The normalized spacial score (nSPS) is 13.6. The monoisotopic (exact) mass is 391 g/mol. The molecule has 1 aliphatic rings. The van der Waals surface area contributed by atoms with E-state index in [9.17, 15) is 8.78 Å². The fourth-order valence-corrected chi connectivity index (χ4v) is 3.33. The minimum atomic E-state index is -0.513. The fourth-order valence-electron chi connectivity index (χ4n) is 2.94. The molecule has 0 unspecified atom stereocenters. The Labute approximate surface area is 158 Å². The third kappa shape index (κ3) is 3.20. The number of hydrogen-bond acceptors (Lipinski definition) is 2. The predicted molar refractivity (Wildman–Crippen MR) is 99.5 cm³/mol. The van der Waals surface area contributed by atoms with E-state index >= 15 is 0 Å². The smallest absolute Gasteiger partial charge is 0.141 e. The summed E-state index contributed by atoms with van der Waals surface area (Å²) < 4.78 is 29.0. The van der Waals surface area contributed by atoms with Gasteiger partial charge in [0.2, 0.25) is 0 Å². The molecule has 3 aromatic rings. The zero-order valence-electron chi connectivity index (χ0n) is 13.4. The lowest BCUT2D eigenvalue weighted by Gasteiger charge is -2.09. The van der Waals surface area contributed by atoms with Gasteiger partial charge in [0.05, 0.1) is 22.1 Å². The molecule has 1 aliphatic heterocycles. The van der Waals surface area contributed by atoms with Crippen LogP contribution in [0.15, 0.2) is 48.7 Å². The average Bonchev–Trinajstić information content (AvgIpc) is 3.25. The van der Waals surface area contributed by atoms with Crippen LogP contribution in [0.1, 0.15) is 12.1 Å². The van der Waals surface area contributed by atoms with Crippen LogP contribution in [-0.2, 0) is 0 Å². The first-order valence-corrected chi connectivity index (χ1v) is 8.71. The molecule has 0 aliphatic carbocycles. The van der Waals surface area contributed by atoms with Gasteiger partial charge in [-0.15, -0.1) is 0 Å².